The number of benzene rings is 2. The van der Waals surface area contributed by atoms with Gasteiger partial charge in [-0.3, -0.25) is 9.59 Å². The third-order valence-corrected chi connectivity index (χ3v) is 4.25. The Kier molecular flexibility index (Phi) is 5.92. The number of para-hydroxylation sites is 1. The molecule has 2 N–H and O–H groups in total. The number of halogens is 1. The fourth-order valence-electron chi connectivity index (χ4n) is 2.71. The number of hydrogen-bond acceptors (Lipinski definition) is 3. The lowest BCUT2D eigenvalue weighted by Gasteiger charge is -2.06. The Balaban J connectivity index is 1.38. The van der Waals surface area contributed by atoms with E-state index >= 15 is 0 Å². The van der Waals surface area contributed by atoms with E-state index < -0.39 is 0 Å². The Morgan fingerprint density at radius 2 is 1.85 bits per heavy atom. The molecule has 3 rings (SSSR count). The first-order chi connectivity index (χ1) is 12.6. The van der Waals surface area contributed by atoms with Crippen molar-refractivity contribution in [2.75, 3.05) is 11.9 Å². The van der Waals surface area contributed by atoms with Gasteiger partial charge in [0.15, 0.2) is 6.61 Å². The van der Waals surface area contributed by atoms with Gasteiger partial charge in [-0.15, -0.1) is 0 Å². The number of aromatic nitrogens is 1. The van der Waals surface area contributed by atoms with Gasteiger partial charge in [0, 0.05) is 34.2 Å². The highest BCUT2D eigenvalue weighted by Crippen LogP contribution is 2.19. The number of carbonyl (C=O) groups excluding carboxylic acids is 2. The van der Waals surface area contributed by atoms with Gasteiger partial charge >= 0.3 is 5.97 Å². The molecule has 0 aliphatic rings. The molecule has 0 unspecified atom stereocenters. The van der Waals surface area contributed by atoms with Gasteiger partial charge in [-0.05, 0) is 48.7 Å². The number of fused-ring (bicyclic) bond motifs is 1. The number of rotatable bonds is 7. The molecule has 0 aliphatic carbocycles. The van der Waals surface area contributed by atoms with Crippen LogP contribution in [0.4, 0.5) is 5.69 Å². The molecule has 6 heteroatoms. The Bertz CT molecular complexity index is 903. The summed E-state index contributed by atoms with van der Waals surface area (Å²) in [7, 11) is 0. The largest absolute Gasteiger partial charge is 0.456 e. The number of aromatic amines is 1. The van der Waals surface area contributed by atoms with E-state index in [2.05, 4.69) is 16.4 Å². The van der Waals surface area contributed by atoms with Gasteiger partial charge in [-0.25, -0.2) is 0 Å². The summed E-state index contributed by atoms with van der Waals surface area (Å²) in [4.78, 5) is 26.8. The van der Waals surface area contributed by atoms with Gasteiger partial charge in [0.25, 0.3) is 5.91 Å². The summed E-state index contributed by atoms with van der Waals surface area (Å²) in [5.41, 5.74) is 2.87. The lowest BCUT2D eigenvalue weighted by Crippen LogP contribution is -2.20. The molecule has 0 radical (unpaired) electrons. The zero-order valence-corrected chi connectivity index (χ0v) is 14.9. The predicted octanol–water partition coefficient (Wildman–Crippen LogP) is 4.33. The fourth-order valence-corrected chi connectivity index (χ4v) is 2.84. The van der Waals surface area contributed by atoms with Crippen LogP contribution < -0.4 is 5.32 Å². The van der Waals surface area contributed by atoms with E-state index in [0.717, 1.165) is 11.9 Å². The van der Waals surface area contributed by atoms with Crippen molar-refractivity contribution in [2.45, 2.75) is 19.3 Å². The number of amides is 1. The van der Waals surface area contributed by atoms with Gasteiger partial charge in [0.2, 0.25) is 0 Å². The van der Waals surface area contributed by atoms with Gasteiger partial charge in [-0.1, -0.05) is 29.8 Å². The number of carbonyl (C=O) groups is 2. The Morgan fingerprint density at radius 3 is 2.65 bits per heavy atom. The number of H-pyrrole nitrogens is 1. The molecule has 5 nitrogen and oxygen atoms in total. The molecule has 0 bridgehead atoms. The SMILES string of the molecule is O=C(COC(=O)CCCc1c[nH]c2ccccc12)Nc1ccc(Cl)cc1. The molecule has 1 heterocycles. The summed E-state index contributed by atoms with van der Waals surface area (Å²) >= 11 is 5.78. The van der Waals surface area contributed by atoms with Crippen LogP contribution in [0.1, 0.15) is 18.4 Å². The van der Waals surface area contributed by atoms with Crippen molar-refractivity contribution in [1.29, 1.82) is 0 Å². The number of hydrogen-bond donors (Lipinski definition) is 2. The lowest BCUT2D eigenvalue weighted by atomic mass is 10.1. The Hall–Kier alpha value is -2.79. The van der Waals surface area contributed by atoms with Crippen molar-refractivity contribution in [3.63, 3.8) is 0 Å². The van der Waals surface area contributed by atoms with E-state index in [4.69, 9.17) is 16.3 Å². The van der Waals surface area contributed by atoms with Crippen molar-refractivity contribution < 1.29 is 14.3 Å². The third-order valence-electron chi connectivity index (χ3n) is 3.99. The van der Waals surface area contributed by atoms with Crippen LogP contribution in [-0.4, -0.2) is 23.5 Å². The van der Waals surface area contributed by atoms with E-state index in [1.54, 1.807) is 24.3 Å². The van der Waals surface area contributed by atoms with E-state index in [1.165, 1.54) is 10.9 Å². The molecular formula is C20H19ClN2O3. The van der Waals surface area contributed by atoms with Gasteiger partial charge in [-0.2, -0.15) is 0 Å². The Labute approximate surface area is 156 Å². The fraction of sp³-hybridized carbons (Fsp3) is 0.200. The van der Waals surface area contributed by atoms with Gasteiger partial charge < -0.3 is 15.0 Å². The van der Waals surface area contributed by atoms with Gasteiger partial charge in [0.1, 0.15) is 0 Å². The zero-order valence-electron chi connectivity index (χ0n) is 14.1. The van der Waals surface area contributed by atoms with Crippen molar-refractivity contribution >= 4 is 40.1 Å². The maximum absolute atomic E-state index is 11.8. The smallest absolute Gasteiger partial charge is 0.306 e. The summed E-state index contributed by atoms with van der Waals surface area (Å²) in [5, 5.41) is 4.40. The van der Waals surface area contributed by atoms with Crippen molar-refractivity contribution in [1.82, 2.24) is 4.98 Å². The highest BCUT2D eigenvalue weighted by molar-refractivity contribution is 6.30. The van der Waals surface area contributed by atoms with Crippen LogP contribution in [0.15, 0.2) is 54.7 Å². The number of anilines is 1. The average molecular weight is 371 g/mol. The summed E-state index contributed by atoms with van der Waals surface area (Å²) in [6, 6.07) is 14.8. The molecular weight excluding hydrogens is 352 g/mol. The second-order valence-electron chi connectivity index (χ2n) is 5.93. The zero-order chi connectivity index (χ0) is 18.4. The highest BCUT2D eigenvalue weighted by Gasteiger charge is 2.09. The summed E-state index contributed by atoms with van der Waals surface area (Å²) in [5.74, 6) is -0.756. The summed E-state index contributed by atoms with van der Waals surface area (Å²) < 4.78 is 5.02. The minimum absolute atomic E-state index is 0.272. The molecule has 0 saturated carbocycles. The first-order valence-corrected chi connectivity index (χ1v) is 8.75. The van der Waals surface area contributed by atoms with Crippen LogP contribution in [0, 0.1) is 0 Å². The third kappa shape index (κ3) is 4.86. The van der Waals surface area contributed by atoms with Crippen LogP contribution in [0.5, 0.6) is 0 Å². The van der Waals surface area contributed by atoms with Crippen molar-refractivity contribution in [3.05, 3.63) is 65.3 Å². The highest BCUT2D eigenvalue weighted by atomic mass is 35.5. The molecule has 3 aromatic rings. The normalized spacial score (nSPS) is 10.7. The molecule has 0 saturated heterocycles. The predicted molar refractivity (Wildman–Crippen MR) is 102 cm³/mol. The maximum Gasteiger partial charge on any atom is 0.306 e. The second kappa shape index (κ2) is 8.54. The monoisotopic (exact) mass is 370 g/mol. The first-order valence-electron chi connectivity index (χ1n) is 8.38. The first kappa shape index (κ1) is 18.0. The average Bonchev–Trinajstić information content (AvgIpc) is 3.05. The van der Waals surface area contributed by atoms with E-state index in [9.17, 15) is 9.59 Å². The number of esters is 1. The molecule has 0 fully saturated rings. The quantitative estimate of drug-likeness (QED) is 0.608. The molecule has 0 atom stereocenters. The molecule has 0 spiro atoms. The molecule has 0 aliphatic heterocycles. The van der Waals surface area contributed by atoms with Crippen LogP contribution in [0.2, 0.25) is 5.02 Å². The van der Waals surface area contributed by atoms with Crippen molar-refractivity contribution in [3.8, 4) is 0 Å². The van der Waals surface area contributed by atoms with Crippen molar-refractivity contribution in [2.24, 2.45) is 0 Å². The summed E-state index contributed by atoms with van der Waals surface area (Å²) in [6.45, 7) is -0.297. The minimum Gasteiger partial charge on any atom is -0.456 e. The number of aryl methyl sites for hydroxylation is 1. The molecule has 26 heavy (non-hydrogen) atoms. The van der Waals surface area contributed by atoms with Crippen LogP contribution >= 0.6 is 11.6 Å². The molecule has 1 amide bonds. The molecule has 134 valence electrons. The lowest BCUT2D eigenvalue weighted by molar-refractivity contribution is -0.147. The topological polar surface area (TPSA) is 71.2 Å². The minimum atomic E-state index is -0.379. The molecule has 2 aromatic carbocycles. The van der Waals surface area contributed by atoms with E-state index in [-0.39, 0.29) is 24.9 Å². The van der Waals surface area contributed by atoms with Gasteiger partial charge in [0.05, 0.1) is 0 Å². The Morgan fingerprint density at radius 1 is 1.08 bits per heavy atom. The van der Waals surface area contributed by atoms with E-state index in [0.29, 0.717) is 17.1 Å². The van der Waals surface area contributed by atoms with Crippen LogP contribution in [0.25, 0.3) is 10.9 Å². The van der Waals surface area contributed by atoms with Crippen LogP contribution in [-0.2, 0) is 20.7 Å². The second-order valence-corrected chi connectivity index (χ2v) is 6.37. The number of nitrogens with one attached hydrogen (secondary N) is 2. The summed E-state index contributed by atoms with van der Waals surface area (Å²) in [6.07, 6.45) is 3.68. The maximum atomic E-state index is 11.8. The molecule has 1 aromatic heterocycles. The standard InChI is InChI=1S/C20H19ClN2O3/c21-15-8-10-16(11-9-15)23-19(24)13-26-20(25)7-3-4-14-12-22-18-6-2-1-5-17(14)18/h1-2,5-6,8-12,22H,3-4,7,13H2,(H,23,24). The van der Waals surface area contributed by atoms with E-state index in [1.807, 2.05) is 24.4 Å². The number of ether oxygens (including phenoxy) is 1. The van der Waals surface area contributed by atoms with Crippen LogP contribution in [0.3, 0.4) is 0 Å².